The zero-order valence-electron chi connectivity index (χ0n) is 9.66. The average Bonchev–Trinajstić information content (AvgIpc) is 2.53. The Kier molecular flexibility index (Phi) is 4.93. The molecule has 1 unspecified atom stereocenters. The third-order valence-electron chi connectivity index (χ3n) is 2.67. The summed E-state index contributed by atoms with van der Waals surface area (Å²) in [5.41, 5.74) is -0.663. The van der Waals surface area contributed by atoms with Gasteiger partial charge in [-0.05, 0) is 25.5 Å². The normalized spacial score (nSPS) is 25.9. The number of hydrogen-bond donors (Lipinski definition) is 1. The fourth-order valence-corrected chi connectivity index (χ4v) is 2.65. The van der Waals surface area contributed by atoms with Crippen LogP contribution < -0.4 is 0 Å². The Labute approximate surface area is 96.2 Å². The average molecular weight is 231 g/mol. The van der Waals surface area contributed by atoms with Crippen LogP contribution in [0.4, 0.5) is 0 Å². The van der Waals surface area contributed by atoms with Crippen LogP contribution in [0, 0.1) is 0 Å². The smallest absolute Gasteiger partial charge is 0.232 e. The lowest BCUT2D eigenvalue weighted by Gasteiger charge is -2.18. The zero-order valence-corrected chi connectivity index (χ0v) is 10.5. The first-order chi connectivity index (χ1) is 7.05. The van der Waals surface area contributed by atoms with Gasteiger partial charge in [-0.2, -0.15) is 11.8 Å². The maximum atomic E-state index is 11.7. The maximum Gasteiger partial charge on any atom is 0.232 e. The van der Waals surface area contributed by atoms with Crippen LogP contribution in [0.15, 0.2) is 0 Å². The van der Waals surface area contributed by atoms with Gasteiger partial charge in [-0.25, -0.2) is 0 Å². The number of rotatable bonds is 5. The molecule has 4 heteroatoms. The van der Waals surface area contributed by atoms with Crippen molar-refractivity contribution in [2.45, 2.75) is 38.7 Å². The fraction of sp³-hybridized carbons (Fsp3) is 0.909. The summed E-state index contributed by atoms with van der Waals surface area (Å²) in [4.78, 5) is 13.5. The molecule has 15 heavy (non-hydrogen) atoms. The second-order valence-electron chi connectivity index (χ2n) is 4.47. The predicted octanol–water partition coefficient (Wildman–Crippen LogP) is 1.50. The number of β-amino-alcohol motifs (C(OH)–C–C–N with tert-alkyl or cyclic N) is 1. The van der Waals surface area contributed by atoms with Crippen LogP contribution in [0.2, 0.25) is 0 Å². The highest BCUT2D eigenvalue weighted by Crippen LogP contribution is 2.21. The van der Waals surface area contributed by atoms with Crippen molar-refractivity contribution in [1.82, 2.24) is 4.90 Å². The Bertz CT molecular complexity index is 219. The molecule has 0 aromatic heterocycles. The SMILES string of the molecule is CCCCSCC(=O)N1CCC(C)(O)C1. The molecule has 0 aromatic carbocycles. The number of carbonyl (C=O) groups is 1. The van der Waals surface area contributed by atoms with Gasteiger partial charge in [0.25, 0.3) is 0 Å². The molecule has 1 saturated heterocycles. The van der Waals surface area contributed by atoms with E-state index in [1.807, 2.05) is 0 Å². The molecule has 1 heterocycles. The Morgan fingerprint density at radius 2 is 2.33 bits per heavy atom. The number of hydrogen-bond acceptors (Lipinski definition) is 3. The van der Waals surface area contributed by atoms with Gasteiger partial charge in [0.05, 0.1) is 11.4 Å². The van der Waals surface area contributed by atoms with E-state index in [0.717, 1.165) is 5.75 Å². The molecule has 1 rings (SSSR count). The van der Waals surface area contributed by atoms with Gasteiger partial charge in [0.2, 0.25) is 5.91 Å². The van der Waals surface area contributed by atoms with E-state index in [1.165, 1.54) is 12.8 Å². The first kappa shape index (κ1) is 12.8. The van der Waals surface area contributed by atoms with Crippen LogP contribution in [0.5, 0.6) is 0 Å². The molecule has 88 valence electrons. The minimum atomic E-state index is -0.663. The van der Waals surface area contributed by atoms with Crippen molar-refractivity contribution in [1.29, 1.82) is 0 Å². The number of aliphatic hydroxyl groups is 1. The summed E-state index contributed by atoms with van der Waals surface area (Å²) in [6, 6.07) is 0. The van der Waals surface area contributed by atoms with Crippen molar-refractivity contribution >= 4 is 17.7 Å². The Balaban J connectivity index is 2.18. The lowest BCUT2D eigenvalue weighted by Crippen LogP contribution is -2.34. The summed E-state index contributed by atoms with van der Waals surface area (Å²) in [5.74, 6) is 1.80. The molecular weight excluding hydrogens is 210 g/mol. The molecule has 0 aliphatic carbocycles. The zero-order chi connectivity index (χ0) is 11.3. The molecule has 3 nitrogen and oxygen atoms in total. The molecule has 0 saturated carbocycles. The van der Waals surface area contributed by atoms with E-state index >= 15 is 0 Å². The van der Waals surface area contributed by atoms with Crippen molar-refractivity contribution in [2.75, 3.05) is 24.6 Å². The summed E-state index contributed by atoms with van der Waals surface area (Å²) >= 11 is 1.70. The van der Waals surface area contributed by atoms with Gasteiger partial charge in [0.15, 0.2) is 0 Å². The lowest BCUT2D eigenvalue weighted by atomic mass is 10.1. The molecule has 0 bridgehead atoms. The highest BCUT2D eigenvalue weighted by Gasteiger charge is 2.33. The Morgan fingerprint density at radius 3 is 2.87 bits per heavy atom. The van der Waals surface area contributed by atoms with Crippen molar-refractivity contribution < 1.29 is 9.90 Å². The summed E-state index contributed by atoms with van der Waals surface area (Å²) in [5, 5.41) is 9.72. The quantitative estimate of drug-likeness (QED) is 0.729. The molecule has 1 aliphatic rings. The second-order valence-corrected chi connectivity index (χ2v) is 5.57. The number of nitrogens with zero attached hydrogens (tertiary/aromatic N) is 1. The molecule has 1 N–H and O–H groups in total. The van der Waals surface area contributed by atoms with E-state index in [9.17, 15) is 9.90 Å². The van der Waals surface area contributed by atoms with Crippen LogP contribution in [0.1, 0.15) is 33.1 Å². The largest absolute Gasteiger partial charge is 0.388 e. The van der Waals surface area contributed by atoms with Gasteiger partial charge < -0.3 is 10.0 Å². The van der Waals surface area contributed by atoms with Crippen molar-refractivity contribution in [3.05, 3.63) is 0 Å². The van der Waals surface area contributed by atoms with E-state index in [2.05, 4.69) is 6.92 Å². The Morgan fingerprint density at radius 1 is 1.60 bits per heavy atom. The lowest BCUT2D eigenvalue weighted by molar-refractivity contribution is -0.128. The van der Waals surface area contributed by atoms with E-state index in [0.29, 0.717) is 25.3 Å². The van der Waals surface area contributed by atoms with Gasteiger partial charge in [-0.1, -0.05) is 13.3 Å². The Hall–Kier alpha value is -0.220. The summed E-state index contributed by atoms with van der Waals surface area (Å²) in [6.45, 7) is 5.16. The molecule has 1 atom stereocenters. The predicted molar refractivity (Wildman–Crippen MR) is 64.1 cm³/mol. The molecule has 1 amide bonds. The van der Waals surface area contributed by atoms with Gasteiger partial charge in [0, 0.05) is 13.1 Å². The van der Waals surface area contributed by atoms with Gasteiger partial charge >= 0.3 is 0 Å². The van der Waals surface area contributed by atoms with Gasteiger partial charge in [-0.15, -0.1) is 0 Å². The van der Waals surface area contributed by atoms with Gasteiger partial charge in [0.1, 0.15) is 0 Å². The highest BCUT2D eigenvalue weighted by molar-refractivity contribution is 7.99. The van der Waals surface area contributed by atoms with Crippen molar-refractivity contribution in [3.63, 3.8) is 0 Å². The summed E-state index contributed by atoms with van der Waals surface area (Å²) in [6.07, 6.45) is 3.06. The second kappa shape index (κ2) is 5.75. The molecule has 0 radical (unpaired) electrons. The third kappa shape index (κ3) is 4.43. The van der Waals surface area contributed by atoms with Crippen molar-refractivity contribution in [3.8, 4) is 0 Å². The van der Waals surface area contributed by atoms with E-state index in [1.54, 1.807) is 23.6 Å². The third-order valence-corrected chi connectivity index (χ3v) is 3.70. The molecule has 1 fully saturated rings. The summed E-state index contributed by atoms with van der Waals surface area (Å²) < 4.78 is 0. The maximum absolute atomic E-state index is 11.7. The number of thioether (sulfide) groups is 1. The number of carbonyl (C=O) groups excluding carboxylic acids is 1. The standard InChI is InChI=1S/C11H21NO2S/c1-3-4-7-15-8-10(13)12-6-5-11(2,14)9-12/h14H,3-9H2,1-2H3. The van der Waals surface area contributed by atoms with E-state index in [4.69, 9.17) is 0 Å². The first-order valence-corrected chi connectivity index (χ1v) is 6.78. The van der Waals surface area contributed by atoms with E-state index < -0.39 is 5.60 Å². The van der Waals surface area contributed by atoms with Crippen LogP contribution >= 0.6 is 11.8 Å². The molecule has 0 aromatic rings. The fourth-order valence-electron chi connectivity index (χ4n) is 1.66. The molecular formula is C11H21NO2S. The van der Waals surface area contributed by atoms with Gasteiger partial charge in [-0.3, -0.25) is 4.79 Å². The number of unbranched alkanes of at least 4 members (excludes halogenated alkanes) is 1. The number of likely N-dealkylation sites (tertiary alicyclic amines) is 1. The topological polar surface area (TPSA) is 40.5 Å². The van der Waals surface area contributed by atoms with Crippen molar-refractivity contribution in [2.24, 2.45) is 0 Å². The minimum Gasteiger partial charge on any atom is -0.388 e. The minimum absolute atomic E-state index is 0.175. The van der Waals surface area contributed by atoms with E-state index in [-0.39, 0.29) is 5.91 Å². The molecule has 0 spiro atoms. The molecule has 1 aliphatic heterocycles. The van der Waals surface area contributed by atoms with Crippen LogP contribution in [0.25, 0.3) is 0 Å². The first-order valence-electron chi connectivity index (χ1n) is 5.63. The monoisotopic (exact) mass is 231 g/mol. The van der Waals surface area contributed by atoms with Crippen LogP contribution in [-0.4, -0.2) is 46.1 Å². The van der Waals surface area contributed by atoms with Crippen LogP contribution in [-0.2, 0) is 4.79 Å². The number of amides is 1. The summed E-state index contributed by atoms with van der Waals surface area (Å²) in [7, 11) is 0. The van der Waals surface area contributed by atoms with Crippen LogP contribution in [0.3, 0.4) is 0 Å². The highest BCUT2D eigenvalue weighted by atomic mass is 32.2.